The van der Waals surface area contributed by atoms with Crippen molar-refractivity contribution in [1.82, 2.24) is 20.6 Å². The molecule has 1 aromatic carbocycles. The Bertz CT molecular complexity index is 569. The van der Waals surface area contributed by atoms with Gasteiger partial charge >= 0.3 is 12.0 Å². The molecule has 7 nitrogen and oxygen atoms in total. The van der Waals surface area contributed by atoms with Crippen LogP contribution in [0.2, 0.25) is 0 Å². The van der Waals surface area contributed by atoms with E-state index in [4.69, 9.17) is 5.11 Å². The van der Waals surface area contributed by atoms with Gasteiger partial charge in [0.25, 0.3) is 0 Å². The third-order valence-electron chi connectivity index (χ3n) is 2.63. The van der Waals surface area contributed by atoms with Crippen LogP contribution < -0.4 is 10.6 Å². The van der Waals surface area contributed by atoms with Gasteiger partial charge in [0.2, 0.25) is 0 Å². The summed E-state index contributed by atoms with van der Waals surface area (Å²) in [5.41, 5.74) is 0.508. The van der Waals surface area contributed by atoms with Gasteiger partial charge in [-0.15, -0.1) is 0 Å². The molecule has 0 aliphatic heterocycles. The van der Waals surface area contributed by atoms with Crippen molar-refractivity contribution < 1.29 is 14.7 Å². The smallest absolute Gasteiger partial charge is 0.330 e. The van der Waals surface area contributed by atoms with Crippen LogP contribution in [0.1, 0.15) is 17.4 Å². The Morgan fingerprint density at radius 3 is 2.65 bits per heavy atom. The maximum Gasteiger partial charge on any atom is 0.330 e. The molecule has 0 aliphatic carbocycles. The van der Waals surface area contributed by atoms with E-state index in [1.165, 1.54) is 0 Å². The minimum absolute atomic E-state index is 0.194. The van der Waals surface area contributed by atoms with Gasteiger partial charge in [-0.3, -0.25) is 0 Å². The summed E-state index contributed by atoms with van der Waals surface area (Å²) < 4.78 is 0. The molecule has 2 rings (SSSR count). The number of benzene rings is 1. The first kappa shape index (κ1) is 13.6. The van der Waals surface area contributed by atoms with Gasteiger partial charge < -0.3 is 20.7 Å². The molecule has 0 saturated heterocycles. The zero-order chi connectivity index (χ0) is 14.4. The maximum absolute atomic E-state index is 11.7. The highest BCUT2D eigenvalue weighted by Crippen LogP contribution is 2.12. The molecule has 1 atom stereocenters. The van der Waals surface area contributed by atoms with Crippen molar-refractivity contribution in [3.63, 3.8) is 0 Å². The van der Waals surface area contributed by atoms with Crippen molar-refractivity contribution in [2.24, 2.45) is 0 Å². The summed E-state index contributed by atoms with van der Waals surface area (Å²) in [7, 11) is 0. The fourth-order valence-corrected chi connectivity index (χ4v) is 1.67. The van der Waals surface area contributed by atoms with E-state index in [-0.39, 0.29) is 6.54 Å². The zero-order valence-corrected chi connectivity index (χ0v) is 10.5. The number of rotatable bonds is 5. The number of hydrogen-bond acceptors (Lipinski definition) is 3. The lowest BCUT2D eigenvalue weighted by Crippen LogP contribution is -2.40. The normalized spacial score (nSPS) is 11.6. The lowest BCUT2D eigenvalue weighted by molar-refractivity contribution is -0.139. The Hall–Kier alpha value is -2.83. The predicted molar refractivity (Wildman–Crippen MR) is 70.8 cm³/mol. The van der Waals surface area contributed by atoms with E-state index in [0.717, 1.165) is 0 Å². The van der Waals surface area contributed by atoms with Crippen molar-refractivity contribution in [1.29, 1.82) is 0 Å². The largest absolute Gasteiger partial charge is 0.479 e. The highest BCUT2D eigenvalue weighted by Gasteiger charge is 2.21. The van der Waals surface area contributed by atoms with Gasteiger partial charge in [-0.1, -0.05) is 30.3 Å². The van der Waals surface area contributed by atoms with Gasteiger partial charge in [-0.2, -0.15) is 0 Å². The summed E-state index contributed by atoms with van der Waals surface area (Å²) >= 11 is 0. The third kappa shape index (κ3) is 3.58. The van der Waals surface area contributed by atoms with Crippen molar-refractivity contribution in [3.05, 3.63) is 54.1 Å². The fraction of sp³-hybridized carbons (Fsp3) is 0.154. The summed E-state index contributed by atoms with van der Waals surface area (Å²) in [5, 5.41) is 14.1. The molecule has 104 valence electrons. The minimum atomic E-state index is -1.12. The first-order chi connectivity index (χ1) is 9.66. The molecular formula is C13H14N4O3. The number of carboxylic acids is 1. The second-order valence-corrected chi connectivity index (χ2v) is 4.04. The van der Waals surface area contributed by atoms with Crippen LogP contribution in [0.15, 0.2) is 42.7 Å². The SMILES string of the molecule is O=C(NCc1ncc[nH]1)N[C@H](C(=O)O)c1ccccc1. The molecule has 1 heterocycles. The summed E-state index contributed by atoms with van der Waals surface area (Å²) in [6.07, 6.45) is 3.21. The van der Waals surface area contributed by atoms with Crippen LogP contribution in [0, 0.1) is 0 Å². The van der Waals surface area contributed by atoms with Gasteiger partial charge in [-0.05, 0) is 5.56 Å². The summed E-state index contributed by atoms with van der Waals surface area (Å²) in [5.74, 6) is -0.531. The minimum Gasteiger partial charge on any atom is -0.479 e. The molecule has 0 aliphatic rings. The Morgan fingerprint density at radius 1 is 1.30 bits per heavy atom. The van der Waals surface area contributed by atoms with Crippen LogP contribution in [0.3, 0.4) is 0 Å². The number of H-pyrrole nitrogens is 1. The van der Waals surface area contributed by atoms with E-state index in [0.29, 0.717) is 11.4 Å². The molecule has 0 bridgehead atoms. The third-order valence-corrected chi connectivity index (χ3v) is 2.63. The lowest BCUT2D eigenvalue weighted by Gasteiger charge is -2.15. The number of hydrogen-bond donors (Lipinski definition) is 4. The standard InChI is InChI=1S/C13H14N4O3/c18-12(19)11(9-4-2-1-3-5-9)17-13(20)16-8-10-14-6-7-15-10/h1-7,11H,8H2,(H,14,15)(H,18,19)(H2,16,17,20)/t11-/m0/s1. The monoisotopic (exact) mass is 274 g/mol. The molecule has 0 fully saturated rings. The lowest BCUT2D eigenvalue weighted by atomic mass is 10.1. The number of imidazole rings is 1. The topological polar surface area (TPSA) is 107 Å². The molecule has 0 radical (unpaired) electrons. The molecule has 20 heavy (non-hydrogen) atoms. The molecule has 1 aromatic heterocycles. The van der Waals surface area contributed by atoms with Crippen molar-refractivity contribution >= 4 is 12.0 Å². The number of amides is 2. The maximum atomic E-state index is 11.7. The first-order valence-corrected chi connectivity index (χ1v) is 5.97. The van der Waals surface area contributed by atoms with E-state index in [2.05, 4.69) is 20.6 Å². The quantitative estimate of drug-likeness (QED) is 0.653. The van der Waals surface area contributed by atoms with Gasteiger partial charge in [0.15, 0.2) is 6.04 Å². The fourth-order valence-electron chi connectivity index (χ4n) is 1.67. The van der Waals surface area contributed by atoms with Gasteiger partial charge in [-0.25, -0.2) is 14.6 Å². The summed E-state index contributed by atoms with van der Waals surface area (Å²) in [6.45, 7) is 0.194. The highest BCUT2D eigenvalue weighted by molar-refractivity contribution is 5.83. The molecule has 7 heteroatoms. The Labute approximate surface area is 115 Å². The second-order valence-electron chi connectivity index (χ2n) is 4.04. The van der Waals surface area contributed by atoms with Crippen LogP contribution in [-0.2, 0) is 11.3 Å². The van der Waals surface area contributed by atoms with E-state index in [1.807, 2.05) is 0 Å². The van der Waals surface area contributed by atoms with Crippen LogP contribution in [-0.4, -0.2) is 27.1 Å². The Kier molecular flexibility index (Phi) is 4.33. The number of aliphatic carboxylic acids is 1. The molecule has 2 aromatic rings. The molecule has 0 spiro atoms. The number of carbonyl (C=O) groups is 2. The van der Waals surface area contributed by atoms with Crippen molar-refractivity contribution in [2.45, 2.75) is 12.6 Å². The van der Waals surface area contributed by atoms with Crippen LogP contribution in [0.25, 0.3) is 0 Å². The van der Waals surface area contributed by atoms with Crippen molar-refractivity contribution in [2.75, 3.05) is 0 Å². The molecule has 0 unspecified atom stereocenters. The van der Waals surface area contributed by atoms with E-state index in [1.54, 1.807) is 42.7 Å². The predicted octanol–water partition coefficient (Wildman–Crippen LogP) is 1.03. The summed E-state index contributed by atoms with van der Waals surface area (Å²) in [4.78, 5) is 29.7. The molecule has 4 N–H and O–H groups in total. The van der Waals surface area contributed by atoms with Crippen LogP contribution >= 0.6 is 0 Å². The van der Waals surface area contributed by atoms with E-state index >= 15 is 0 Å². The summed E-state index contributed by atoms with van der Waals surface area (Å²) in [6, 6.07) is 6.84. The highest BCUT2D eigenvalue weighted by atomic mass is 16.4. The number of aromatic nitrogens is 2. The van der Waals surface area contributed by atoms with E-state index in [9.17, 15) is 9.59 Å². The second kappa shape index (κ2) is 6.37. The van der Waals surface area contributed by atoms with Crippen LogP contribution in [0.5, 0.6) is 0 Å². The number of urea groups is 1. The number of nitrogens with zero attached hydrogens (tertiary/aromatic N) is 1. The van der Waals surface area contributed by atoms with Gasteiger partial charge in [0, 0.05) is 12.4 Å². The van der Waals surface area contributed by atoms with E-state index < -0.39 is 18.0 Å². The van der Waals surface area contributed by atoms with Crippen molar-refractivity contribution in [3.8, 4) is 0 Å². The van der Waals surface area contributed by atoms with Gasteiger partial charge in [0.05, 0.1) is 6.54 Å². The first-order valence-electron chi connectivity index (χ1n) is 5.97. The number of carbonyl (C=O) groups excluding carboxylic acids is 1. The Balaban J connectivity index is 1.95. The number of nitrogens with one attached hydrogen (secondary N) is 3. The number of aromatic amines is 1. The average molecular weight is 274 g/mol. The van der Waals surface area contributed by atoms with Crippen LogP contribution in [0.4, 0.5) is 4.79 Å². The molecule has 2 amide bonds. The van der Waals surface area contributed by atoms with Gasteiger partial charge in [0.1, 0.15) is 5.82 Å². The Morgan fingerprint density at radius 2 is 2.05 bits per heavy atom. The zero-order valence-electron chi connectivity index (χ0n) is 10.5. The molecular weight excluding hydrogens is 260 g/mol. The molecule has 0 saturated carbocycles. The average Bonchev–Trinajstić information content (AvgIpc) is 2.96. The number of carboxylic acid groups (broad SMARTS) is 1.